The number of ether oxygens (including phenoxy) is 1. The van der Waals surface area contributed by atoms with Gasteiger partial charge in [0.2, 0.25) is 0 Å². The molecule has 0 aromatic heterocycles. The summed E-state index contributed by atoms with van der Waals surface area (Å²) in [4.78, 5) is 10.5. The van der Waals surface area contributed by atoms with Crippen LogP contribution in [0.25, 0.3) is 0 Å². The topological polar surface area (TPSA) is 66.8 Å². The molecule has 11 heavy (non-hydrogen) atoms. The first kappa shape index (κ1) is 9.97. The molecule has 0 aromatic rings. The molecule has 0 aliphatic heterocycles. The van der Waals surface area contributed by atoms with Crippen LogP contribution in [0, 0.1) is 0 Å². The molecule has 2 N–H and O–H groups in total. The van der Waals surface area contributed by atoms with Crippen LogP contribution in [0.2, 0.25) is 0 Å². The second kappa shape index (κ2) is 4.73. The summed E-state index contributed by atoms with van der Waals surface area (Å²) < 4.78 is 4.47. The molecule has 1 atom stereocenters. The van der Waals surface area contributed by atoms with E-state index in [1.807, 2.05) is 0 Å². The Morgan fingerprint density at radius 2 is 2.27 bits per heavy atom. The average Bonchev–Trinajstić information content (AvgIpc) is 1.86. The molecular weight excluding hydrogens is 148 g/mol. The Hall–Kier alpha value is -1.03. The van der Waals surface area contributed by atoms with E-state index >= 15 is 0 Å². The van der Waals surface area contributed by atoms with Crippen LogP contribution >= 0.6 is 0 Å². The zero-order valence-corrected chi connectivity index (χ0v) is 6.41. The van der Waals surface area contributed by atoms with Gasteiger partial charge in [0, 0.05) is 6.42 Å². The fraction of sp³-hybridized carbons (Fsp3) is 0.571. The number of hydrogen-bond donors (Lipinski definition) is 2. The first-order chi connectivity index (χ1) is 5.04. The van der Waals surface area contributed by atoms with Crippen molar-refractivity contribution in [3.05, 3.63) is 12.3 Å². The molecule has 0 spiro atoms. The second-order valence-corrected chi connectivity index (χ2v) is 2.22. The third kappa shape index (κ3) is 5.42. The molecule has 0 bridgehead atoms. The molecule has 4 heteroatoms. The van der Waals surface area contributed by atoms with E-state index < -0.39 is 17.8 Å². The smallest absolute Gasteiger partial charge is 0.372 e. The Bertz CT molecular complexity index is 151. The van der Waals surface area contributed by atoms with Crippen LogP contribution < -0.4 is 0 Å². The lowest BCUT2D eigenvalue weighted by atomic mass is 10.3. The number of aliphatic hydroxyl groups excluding tert-OH is 2. The van der Waals surface area contributed by atoms with Gasteiger partial charge in [-0.15, -0.1) is 0 Å². The quantitative estimate of drug-likeness (QED) is 0.354. The first-order valence-electron chi connectivity index (χ1n) is 3.27. The summed E-state index contributed by atoms with van der Waals surface area (Å²) in [6.45, 7) is 4.65. The van der Waals surface area contributed by atoms with E-state index in [2.05, 4.69) is 11.3 Å². The average molecular weight is 160 g/mol. The number of carbonyl (C=O) groups excluding carboxylic acids is 1. The Morgan fingerprint density at radius 3 is 2.64 bits per heavy atom. The third-order valence-electron chi connectivity index (χ3n) is 1.00. The number of esters is 1. The summed E-state index contributed by atoms with van der Waals surface area (Å²) >= 11 is 0. The number of hydrogen-bond acceptors (Lipinski definition) is 4. The van der Waals surface area contributed by atoms with Gasteiger partial charge in [0.1, 0.15) is 0 Å². The molecule has 0 saturated heterocycles. The number of aliphatic hydroxyl groups is 2. The molecule has 0 amide bonds. The van der Waals surface area contributed by atoms with Gasteiger partial charge >= 0.3 is 5.97 Å². The van der Waals surface area contributed by atoms with Crippen LogP contribution in [0.1, 0.15) is 13.3 Å². The van der Waals surface area contributed by atoms with Crippen LogP contribution in [0.5, 0.6) is 0 Å². The maximum atomic E-state index is 10.5. The van der Waals surface area contributed by atoms with Gasteiger partial charge in [0.15, 0.2) is 5.76 Å². The molecule has 64 valence electrons. The molecule has 4 nitrogen and oxygen atoms in total. The lowest BCUT2D eigenvalue weighted by Gasteiger charge is -2.04. The van der Waals surface area contributed by atoms with Gasteiger partial charge in [0.05, 0.1) is 12.7 Å². The summed E-state index contributed by atoms with van der Waals surface area (Å²) in [6, 6.07) is 0. The molecule has 0 aromatic carbocycles. The second-order valence-electron chi connectivity index (χ2n) is 2.22. The minimum absolute atomic E-state index is 0.0933. The SMILES string of the molecule is C=C(O)C(=O)OCCC(C)O. The van der Waals surface area contributed by atoms with Crippen molar-refractivity contribution in [3.8, 4) is 0 Å². The van der Waals surface area contributed by atoms with Gasteiger partial charge < -0.3 is 14.9 Å². The van der Waals surface area contributed by atoms with Crippen molar-refractivity contribution < 1.29 is 19.7 Å². The molecule has 0 rings (SSSR count). The van der Waals surface area contributed by atoms with Gasteiger partial charge in [-0.2, -0.15) is 0 Å². The van der Waals surface area contributed by atoms with E-state index in [4.69, 9.17) is 10.2 Å². The summed E-state index contributed by atoms with van der Waals surface area (Å²) in [5.41, 5.74) is 0. The van der Waals surface area contributed by atoms with E-state index in [0.29, 0.717) is 6.42 Å². The normalized spacial score (nSPS) is 12.2. The Balaban J connectivity index is 3.40. The van der Waals surface area contributed by atoms with Crippen molar-refractivity contribution >= 4 is 5.97 Å². The highest BCUT2D eigenvalue weighted by molar-refractivity contribution is 5.84. The van der Waals surface area contributed by atoms with Gasteiger partial charge in [0.25, 0.3) is 0 Å². The standard InChI is InChI=1S/C7H12O4/c1-5(8)3-4-11-7(10)6(2)9/h5,8-9H,2-4H2,1H3. The predicted octanol–water partition coefficient (Wildman–Crippen LogP) is 0.372. The van der Waals surface area contributed by atoms with Crippen LogP contribution in [0.3, 0.4) is 0 Å². The molecular formula is C7H12O4. The van der Waals surface area contributed by atoms with Crippen LogP contribution in [-0.2, 0) is 9.53 Å². The molecule has 0 heterocycles. The Morgan fingerprint density at radius 1 is 1.73 bits per heavy atom. The van der Waals surface area contributed by atoms with Crippen molar-refractivity contribution in [3.63, 3.8) is 0 Å². The fourth-order valence-electron chi connectivity index (χ4n) is 0.405. The molecule has 0 aliphatic carbocycles. The maximum Gasteiger partial charge on any atom is 0.372 e. The Labute approximate surface area is 65.1 Å². The molecule has 0 fully saturated rings. The summed E-state index contributed by atoms with van der Waals surface area (Å²) in [5, 5.41) is 17.2. The van der Waals surface area contributed by atoms with Gasteiger partial charge in [-0.25, -0.2) is 4.79 Å². The van der Waals surface area contributed by atoms with E-state index in [1.54, 1.807) is 6.92 Å². The monoisotopic (exact) mass is 160 g/mol. The largest absolute Gasteiger partial charge is 0.502 e. The summed E-state index contributed by atoms with van der Waals surface area (Å²) in [7, 11) is 0. The predicted molar refractivity (Wildman–Crippen MR) is 39.0 cm³/mol. The van der Waals surface area contributed by atoms with Crippen molar-refractivity contribution in [2.45, 2.75) is 19.4 Å². The van der Waals surface area contributed by atoms with Gasteiger partial charge in [-0.1, -0.05) is 0 Å². The molecule has 1 unspecified atom stereocenters. The highest BCUT2D eigenvalue weighted by Gasteiger charge is 2.05. The molecule has 0 radical (unpaired) electrons. The molecule has 0 aliphatic rings. The highest BCUT2D eigenvalue weighted by Crippen LogP contribution is 1.93. The van der Waals surface area contributed by atoms with Crippen molar-refractivity contribution in [2.75, 3.05) is 6.61 Å². The first-order valence-corrected chi connectivity index (χ1v) is 3.27. The van der Waals surface area contributed by atoms with Crippen molar-refractivity contribution in [1.82, 2.24) is 0 Å². The van der Waals surface area contributed by atoms with Gasteiger partial charge in [-0.3, -0.25) is 0 Å². The zero-order chi connectivity index (χ0) is 8.85. The lowest BCUT2D eigenvalue weighted by Crippen LogP contribution is -2.11. The number of carbonyl (C=O) groups is 1. The van der Waals surface area contributed by atoms with Crippen molar-refractivity contribution in [1.29, 1.82) is 0 Å². The minimum Gasteiger partial charge on any atom is -0.502 e. The third-order valence-corrected chi connectivity index (χ3v) is 1.00. The lowest BCUT2D eigenvalue weighted by molar-refractivity contribution is -0.142. The van der Waals surface area contributed by atoms with E-state index in [-0.39, 0.29) is 6.61 Å². The molecule has 0 saturated carbocycles. The fourth-order valence-corrected chi connectivity index (χ4v) is 0.405. The minimum atomic E-state index is -0.842. The maximum absolute atomic E-state index is 10.5. The zero-order valence-electron chi connectivity index (χ0n) is 6.41. The van der Waals surface area contributed by atoms with E-state index in [1.165, 1.54) is 0 Å². The van der Waals surface area contributed by atoms with Crippen molar-refractivity contribution in [2.24, 2.45) is 0 Å². The van der Waals surface area contributed by atoms with Gasteiger partial charge in [-0.05, 0) is 13.5 Å². The van der Waals surface area contributed by atoms with Crippen LogP contribution in [-0.4, -0.2) is 28.9 Å². The van der Waals surface area contributed by atoms with Crippen LogP contribution in [0.4, 0.5) is 0 Å². The van der Waals surface area contributed by atoms with E-state index in [0.717, 1.165) is 0 Å². The Kier molecular flexibility index (Phi) is 4.29. The highest BCUT2D eigenvalue weighted by atomic mass is 16.5. The summed E-state index contributed by atoms with van der Waals surface area (Å²) in [6.07, 6.45) is -0.145. The summed E-state index contributed by atoms with van der Waals surface area (Å²) in [5.74, 6) is -1.46. The van der Waals surface area contributed by atoms with Crippen LogP contribution in [0.15, 0.2) is 12.3 Å². The number of rotatable bonds is 4. The van der Waals surface area contributed by atoms with E-state index in [9.17, 15) is 4.79 Å².